The van der Waals surface area contributed by atoms with Crippen molar-refractivity contribution >= 4 is 16.5 Å². The molecule has 0 bridgehead atoms. The molecule has 0 spiro atoms. The van der Waals surface area contributed by atoms with E-state index in [0.717, 1.165) is 24.5 Å². The van der Waals surface area contributed by atoms with Crippen LogP contribution in [0, 0.1) is 5.92 Å². The van der Waals surface area contributed by atoms with Gasteiger partial charge in [0.1, 0.15) is 0 Å². The predicted octanol–water partition coefficient (Wildman–Crippen LogP) is 3.16. The van der Waals surface area contributed by atoms with Crippen LogP contribution in [0.1, 0.15) is 50.6 Å². The molecule has 2 unspecified atom stereocenters. The van der Waals surface area contributed by atoms with Crippen LogP contribution in [0.15, 0.2) is 5.38 Å². The summed E-state index contributed by atoms with van der Waals surface area (Å²) < 4.78 is 0. The van der Waals surface area contributed by atoms with Gasteiger partial charge in [0.15, 0.2) is 5.13 Å². The molecule has 4 heteroatoms. The second kappa shape index (κ2) is 5.06. The second-order valence-corrected chi connectivity index (χ2v) is 7.21. The number of thiazole rings is 1. The van der Waals surface area contributed by atoms with E-state index in [2.05, 4.69) is 15.6 Å². The Kier molecular flexibility index (Phi) is 3.24. The normalized spacial score (nSPS) is 30.6. The van der Waals surface area contributed by atoms with Gasteiger partial charge in [0.2, 0.25) is 0 Å². The summed E-state index contributed by atoms with van der Waals surface area (Å²) >= 11 is 1.85. The van der Waals surface area contributed by atoms with Gasteiger partial charge in [-0.1, -0.05) is 6.42 Å². The third-order valence-electron chi connectivity index (χ3n) is 4.93. The van der Waals surface area contributed by atoms with Crippen molar-refractivity contribution in [2.24, 2.45) is 5.92 Å². The number of hydrogen-bond acceptors (Lipinski definition) is 4. The molecule has 3 nitrogen and oxygen atoms in total. The quantitative estimate of drug-likeness (QED) is 0.916. The van der Waals surface area contributed by atoms with E-state index < -0.39 is 0 Å². The van der Waals surface area contributed by atoms with E-state index in [9.17, 15) is 0 Å². The highest BCUT2D eigenvalue weighted by Crippen LogP contribution is 2.39. The third-order valence-corrected chi connectivity index (χ3v) is 5.85. The Bertz CT molecular complexity index is 440. The van der Waals surface area contributed by atoms with Gasteiger partial charge in [-0.15, -0.1) is 11.3 Å². The first-order valence-electron chi connectivity index (χ1n) is 7.84. The molecular weight excluding hydrogens is 254 g/mol. The second-order valence-electron chi connectivity index (χ2n) is 6.37. The van der Waals surface area contributed by atoms with Gasteiger partial charge < -0.3 is 10.2 Å². The minimum atomic E-state index is 0.777. The van der Waals surface area contributed by atoms with E-state index in [1.807, 2.05) is 11.3 Å². The van der Waals surface area contributed by atoms with Crippen LogP contribution >= 0.6 is 11.3 Å². The van der Waals surface area contributed by atoms with Crippen LogP contribution in [0.5, 0.6) is 0 Å². The highest BCUT2D eigenvalue weighted by Gasteiger charge is 2.36. The summed E-state index contributed by atoms with van der Waals surface area (Å²) in [7, 11) is 0. The van der Waals surface area contributed by atoms with Crippen molar-refractivity contribution in [2.75, 3.05) is 11.4 Å². The van der Waals surface area contributed by atoms with Crippen molar-refractivity contribution in [3.63, 3.8) is 0 Å². The summed E-state index contributed by atoms with van der Waals surface area (Å²) in [5, 5.41) is 7.10. The molecule has 1 saturated heterocycles. The zero-order chi connectivity index (χ0) is 12.7. The van der Waals surface area contributed by atoms with Gasteiger partial charge >= 0.3 is 0 Å². The van der Waals surface area contributed by atoms with E-state index in [4.69, 9.17) is 4.98 Å². The van der Waals surface area contributed by atoms with Gasteiger partial charge in [-0.2, -0.15) is 0 Å². The molecule has 3 aliphatic rings. The smallest absolute Gasteiger partial charge is 0.185 e. The van der Waals surface area contributed by atoms with E-state index in [1.54, 1.807) is 0 Å². The van der Waals surface area contributed by atoms with E-state index in [1.165, 1.54) is 62.3 Å². The molecule has 2 saturated carbocycles. The molecule has 1 N–H and O–H groups in total. The molecule has 1 aromatic rings. The summed E-state index contributed by atoms with van der Waals surface area (Å²) in [6.07, 6.45) is 9.77. The number of nitrogens with one attached hydrogen (secondary N) is 1. The average molecular weight is 277 g/mol. The fraction of sp³-hybridized carbons (Fsp3) is 0.800. The number of hydrogen-bond donors (Lipinski definition) is 1. The van der Waals surface area contributed by atoms with Crippen molar-refractivity contribution in [1.82, 2.24) is 10.3 Å². The molecule has 2 heterocycles. The van der Waals surface area contributed by atoms with Crippen molar-refractivity contribution in [1.29, 1.82) is 0 Å². The summed E-state index contributed by atoms with van der Waals surface area (Å²) in [5.41, 5.74) is 1.24. The van der Waals surface area contributed by atoms with Crippen molar-refractivity contribution in [2.45, 2.75) is 63.6 Å². The maximum atomic E-state index is 4.88. The number of rotatable bonds is 4. The van der Waals surface area contributed by atoms with E-state index >= 15 is 0 Å². The molecular formula is C15H23N3S. The molecule has 0 aromatic carbocycles. The fourth-order valence-corrected chi connectivity index (χ4v) is 4.65. The Morgan fingerprint density at radius 2 is 2.11 bits per heavy atom. The highest BCUT2D eigenvalue weighted by atomic mass is 32.1. The van der Waals surface area contributed by atoms with Crippen LogP contribution in [0.4, 0.5) is 5.13 Å². The number of aromatic nitrogens is 1. The minimum Gasteiger partial charge on any atom is -0.345 e. The summed E-state index contributed by atoms with van der Waals surface area (Å²) in [6.45, 7) is 2.19. The third kappa shape index (κ3) is 2.52. The monoisotopic (exact) mass is 277 g/mol. The first-order chi connectivity index (χ1) is 9.40. The van der Waals surface area contributed by atoms with Crippen molar-refractivity contribution in [3.8, 4) is 0 Å². The summed E-state index contributed by atoms with van der Waals surface area (Å²) in [4.78, 5) is 7.49. The molecule has 0 radical (unpaired) electrons. The van der Waals surface area contributed by atoms with Gasteiger partial charge in [0.05, 0.1) is 5.69 Å². The number of piperidine rings is 1. The lowest BCUT2D eigenvalue weighted by atomic mass is 9.92. The Balaban J connectivity index is 1.45. The molecule has 2 aliphatic carbocycles. The van der Waals surface area contributed by atoms with Gasteiger partial charge in [-0.05, 0) is 44.4 Å². The maximum Gasteiger partial charge on any atom is 0.185 e. The molecule has 104 valence electrons. The first kappa shape index (κ1) is 12.2. The van der Waals surface area contributed by atoms with E-state index in [-0.39, 0.29) is 0 Å². The molecule has 2 atom stereocenters. The summed E-state index contributed by atoms with van der Waals surface area (Å²) in [6, 6.07) is 1.57. The Morgan fingerprint density at radius 1 is 1.21 bits per heavy atom. The van der Waals surface area contributed by atoms with E-state index in [0.29, 0.717) is 0 Å². The van der Waals surface area contributed by atoms with Crippen LogP contribution in [0.2, 0.25) is 0 Å². The molecule has 0 amide bonds. The lowest BCUT2D eigenvalue weighted by Crippen LogP contribution is -2.42. The lowest BCUT2D eigenvalue weighted by Gasteiger charge is -2.37. The Labute approximate surface area is 119 Å². The Hall–Kier alpha value is -0.610. The first-order valence-corrected chi connectivity index (χ1v) is 8.72. The largest absolute Gasteiger partial charge is 0.345 e. The summed E-state index contributed by atoms with van der Waals surface area (Å²) in [5.74, 6) is 0.950. The minimum absolute atomic E-state index is 0.777. The Morgan fingerprint density at radius 3 is 3.00 bits per heavy atom. The van der Waals surface area contributed by atoms with Crippen molar-refractivity contribution < 1.29 is 0 Å². The van der Waals surface area contributed by atoms with Gasteiger partial charge in [0.25, 0.3) is 0 Å². The standard InChI is InChI=1S/C15H23N3S/c1-3-11-4-2-8-18(14(11)5-1)15-17-13(10-19-15)9-16-12-6-7-12/h10-12,14,16H,1-9H2. The lowest BCUT2D eigenvalue weighted by molar-refractivity contribution is 0.362. The highest BCUT2D eigenvalue weighted by molar-refractivity contribution is 7.13. The van der Waals surface area contributed by atoms with Crippen molar-refractivity contribution in [3.05, 3.63) is 11.1 Å². The fourth-order valence-electron chi connectivity index (χ4n) is 3.74. The zero-order valence-corrected chi connectivity index (χ0v) is 12.3. The van der Waals surface area contributed by atoms with Gasteiger partial charge in [0, 0.05) is 30.6 Å². The van der Waals surface area contributed by atoms with Gasteiger partial charge in [-0.25, -0.2) is 4.98 Å². The molecule has 4 rings (SSSR count). The number of anilines is 1. The number of fused-ring (bicyclic) bond motifs is 1. The topological polar surface area (TPSA) is 28.2 Å². The maximum absolute atomic E-state index is 4.88. The zero-order valence-electron chi connectivity index (χ0n) is 11.5. The van der Waals surface area contributed by atoms with Gasteiger partial charge in [-0.3, -0.25) is 0 Å². The molecule has 1 aliphatic heterocycles. The average Bonchev–Trinajstić information content (AvgIpc) is 2.96. The molecule has 1 aromatic heterocycles. The van der Waals surface area contributed by atoms with Crippen LogP contribution in [-0.4, -0.2) is 23.6 Å². The predicted molar refractivity (Wildman–Crippen MR) is 79.7 cm³/mol. The molecule has 19 heavy (non-hydrogen) atoms. The van der Waals surface area contributed by atoms with Crippen LogP contribution in [0.3, 0.4) is 0 Å². The SMILES string of the molecule is c1sc(N2CCCC3CCCC32)nc1CNC1CC1. The number of nitrogens with zero attached hydrogens (tertiary/aromatic N) is 2. The van der Waals surface area contributed by atoms with Crippen LogP contribution < -0.4 is 10.2 Å². The van der Waals surface area contributed by atoms with Crippen LogP contribution in [-0.2, 0) is 6.54 Å². The molecule has 3 fully saturated rings. The van der Waals surface area contributed by atoms with Crippen LogP contribution in [0.25, 0.3) is 0 Å².